The van der Waals surface area contributed by atoms with Crippen LogP contribution in [-0.2, 0) is 14.8 Å². The van der Waals surface area contributed by atoms with Crippen molar-refractivity contribution in [2.24, 2.45) is 0 Å². The number of nitrogens with one attached hydrogen (secondary N) is 2. The molecule has 1 saturated heterocycles. The average molecular weight is 462 g/mol. The molecule has 0 bridgehead atoms. The van der Waals surface area contributed by atoms with Crippen LogP contribution in [0, 0.1) is 0 Å². The lowest BCUT2D eigenvalue weighted by molar-refractivity contribution is -0.121. The summed E-state index contributed by atoms with van der Waals surface area (Å²) in [4.78, 5) is 14.6. The Bertz CT molecular complexity index is 907. The van der Waals surface area contributed by atoms with E-state index < -0.39 is 10.0 Å². The Morgan fingerprint density at radius 2 is 1.86 bits per heavy atom. The topological polar surface area (TPSA) is 78.5 Å². The van der Waals surface area contributed by atoms with Gasteiger partial charge in [-0.15, -0.1) is 11.3 Å². The quantitative estimate of drug-likeness (QED) is 0.684. The van der Waals surface area contributed by atoms with Gasteiger partial charge in [0.2, 0.25) is 15.9 Å². The zero-order chi connectivity index (χ0) is 20.3. The minimum Gasteiger partial charge on any atom is -0.325 e. The van der Waals surface area contributed by atoms with Gasteiger partial charge < -0.3 is 5.32 Å². The van der Waals surface area contributed by atoms with Crippen LogP contribution in [0.4, 0.5) is 5.69 Å². The Morgan fingerprint density at radius 3 is 2.43 bits per heavy atom. The molecule has 28 heavy (non-hydrogen) atoms. The fourth-order valence-electron chi connectivity index (χ4n) is 3.14. The van der Waals surface area contributed by atoms with E-state index in [4.69, 9.17) is 23.2 Å². The first-order valence-corrected chi connectivity index (χ1v) is 11.9. The van der Waals surface area contributed by atoms with Crippen LogP contribution in [0.2, 0.25) is 10.0 Å². The highest BCUT2D eigenvalue weighted by molar-refractivity contribution is 7.91. The van der Waals surface area contributed by atoms with Gasteiger partial charge >= 0.3 is 0 Å². The SMILES string of the molecule is C[C@@H](C(=O)Nc1cc(Cl)cc(Cl)c1)N1CCC(NS(=O)(=O)c2cccs2)CC1. The highest BCUT2D eigenvalue weighted by Gasteiger charge is 2.29. The molecule has 1 aromatic heterocycles. The smallest absolute Gasteiger partial charge is 0.250 e. The summed E-state index contributed by atoms with van der Waals surface area (Å²) in [5.74, 6) is -0.157. The Hall–Kier alpha value is -1.16. The van der Waals surface area contributed by atoms with Crippen LogP contribution < -0.4 is 10.0 Å². The first-order valence-electron chi connectivity index (χ1n) is 8.81. The largest absolute Gasteiger partial charge is 0.325 e. The van der Waals surface area contributed by atoms with Gasteiger partial charge in [0.15, 0.2) is 0 Å². The molecule has 2 aromatic rings. The summed E-state index contributed by atoms with van der Waals surface area (Å²) in [7, 11) is -3.47. The molecular weight excluding hydrogens is 441 g/mol. The number of hydrogen-bond donors (Lipinski definition) is 2. The van der Waals surface area contributed by atoms with Gasteiger partial charge in [0.25, 0.3) is 0 Å². The second kappa shape index (κ2) is 9.11. The molecule has 0 saturated carbocycles. The van der Waals surface area contributed by atoms with E-state index in [2.05, 4.69) is 10.0 Å². The van der Waals surface area contributed by atoms with Crippen LogP contribution in [0.3, 0.4) is 0 Å². The van der Waals surface area contributed by atoms with Crippen molar-refractivity contribution in [2.45, 2.75) is 36.1 Å². The van der Waals surface area contributed by atoms with E-state index in [1.54, 1.807) is 35.7 Å². The van der Waals surface area contributed by atoms with Crippen molar-refractivity contribution in [2.75, 3.05) is 18.4 Å². The molecule has 1 atom stereocenters. The summed E-state index contributed by atoms with van der Waals surface area (Å²) < 4.78 is 27.8. The number of piperidine rings is 1. The summed E-state index contributed by atoms with van der Waals surface area (Å²) in [5, 5.41) is 5.48. The Balaban J connectivity index is 1.53. The van der Waals surface area contributed by atoms with Crippen molar-refractivity contribution in [3.8, 4) is 0 Å². The van der Waals surface area contributed by atoms with E-state index in [9.17, 15) is 13.2 Å². The first kappa shape index (κ1) is 21.5. The Labute approximate surface area is 178 Å². The van der Waals surface area contributed by atoms with Gasteiger partial charge in [0, 0.05) is 34.9 Å². The predicted octanol–water partition coefficient (Wildman–Crippen LogP) is 3.82. The third-order valence-corrected chi connectivity index (χ3v) is 8.02. The first-order chi connectivity index (χ1) is 13.2. The molecule has 2 heterocycles. The van der Waals surface area contributed by atoms with Crippen LogP contribution >= 0.6 is 34.5 Å². The number of amides is 1. The van der Waals surface area contributed by atoms with E-state index in [1.165, 1.54) is 11.3 Å². The highest BCUT2D eigenvalue weighted by atomic mass is 35.5. The maximum absolute atomic E-state index is 12.6. The maximum atomic E-state index is 12.6. The molecule has 1 aliphatic heterocycles. The number of thiophene rings is 1. The number of sulfonamides is 1. The monoisotopic (exact) mass is 461 g/mol. The minimum atomic E-state index is -3.47. The van der Waals surface area contributed by atoms with Crippen molar-refractivity contribution in [3.05, 3.63) is 45.8 Å². The molecule has 1 aromatic carbocycles. The molecule has 1 aliphatic rings. The fraction of sp³-hybridized carbons (Fsp3) is 0.389. The van der Waals surface area contributed by atoms with Gasteiger partial charge in [0.1, 0.15) is 4.21 Å². The molecule has 0 radical (unpaired) electrons. The molecule has 0 aliphatic carbocycles. The zero-order valence-electron chi connectivity index (χ0n) is 15.2. The summed E-state index contributed by atoms with van der Waals surface area (Å²) in [5.41, 5.74) is 0.549. The number of hydrogen-bond acceptors (Lipinski definition) is 5. The molecule has 1 fully saturated rings. The zero-order valence-corrected chi connectivity index (χ0v) is 18.3. The van der Waals surface area contributed by atoms with Crippen LogP contribution in [0.25, 0.3) is 0 Å². The molecule has 10 heteroatoms. The Kier molecular flexibility index (Phi) is 7.01. The highest BCUT2D eigenvalue weighted by Crippen LogP contribution is 2.23. The lowest BCUT2D eigenvalue weighted by atomic mass is 10.0. The van der Waals surface area contributed by atoms with Crippen molar-refractivity contribution in [3.63, 3.8) is 0 Å². The van der Waals surface area contributed by atoms with Gasteiger partial charge in [0.05, 0.1) is 6.04 Å². The van der Waals surface area contributed by atoms with Gasteiger partial charge in [-0.05, 0) is 49.4 Å². The minimum absolute atomic E-state index is 0.134. The van der Waals surface area contributed by atoms with E-state index >= 15 is 0 Å². The third-order valence-electron chi connectivity index (χ3n) is 4.67. The number of halogens is 2. The lowest BCUT2D eigenvalue weighted by Gasteiger charge is -2.35. The average Bonchev–Trinajstić information content (AvgIpc) is 3.16. The van der Waals surface area contributed by atoms with Crippen molar-refractivity contribution >= 4 is 56.2 Å². The molecule has 3 rings (SSSR count). The summed E-state index contributed by atoms with van der Waals surface area (Å²) in [6.45, 7) is 3.09. The summed E-state index contributed by atoms with van der Waals surface area (Å²) >= 11 is 13.1. The van der Waals surface area contributed by atoms with Crippen molar-refractivity contribution in [1.82, 2.24) is 9.62 Å². The molecule has 0 unspecified atom stereocenters. The van der Waals surface area contributed by atoms with Crippen molar-refractivity contribution < 1.29 is 13.2 Å². The molecule has 1 amide bonds. The molecule has 152 valence electrons. The fourth-order valence-corrected chi connectivity index (χ4v) is 5.98. The second-order valence-electron chi connectivity index (χ2n) is 6.69. The standard InChI is InChI=1S/C18H21Cl2N3O3S2/c1-12(18(24)21-16-10-13(19)9-14(20)11-16)23-6-4-15(5-7-23)22-28(25,26)17-3-2-8-27-17/h2-3,8-12,15,22H,4-7H2,1H3,(H,21,24)/t12-/m0/s1. The van der Waals surface area contributed by atoms with Crippen LogP contribution in [0.1, 0.15) is 19.8 Å². The van der Waals surface area contributed by atoms with Gasteiger partial charge in [-0.2, -0.15) is 0 Å². The summed E-state index contributed by atoms with van der Waals surface area (Å²) in [6, 6.07) is 7.71. The van der Waals surface area contributed by atoms with E-state index in [0.29, 0.717) is 45.9 Å². The van der Waals surface area contributed by atoms with Crippen molar-refractivity contribution in [1.29, 1.82) is 0 Å². The van der Waals surface area contributed by atoms with Gasteiger partial charge in [-0.25, -0.2) is 13.1 Å². The van der Waals surface area contributed by atoms with Crippen LogP contribution in [-0.4, -0.2) is 44.4 Å². The van der Waals surface area contributed by atoms with E-state index in [1.807, 2.05) is 11.8 Å². The normalized spacial score (nSPS) is 17.4. The second-order valence-corrected chi connectivity index (χ2v) is 10.4. The van der Waals surface area contributed by atoms with Gasteiger partial charge in [-0.1, -0.05) is 29.3 Å². The number of likely N-dealkylation sites (tertiary alicyclic amines) is 1. The van der Waals surface area contributed by atoms with E-state index in [0.717, 1.165) is 0 Å². The number of nitrogens with zero attached hydrogens (tertiary/aromatic N) is 1. The predicted molar refractivity (Wildman–Crippen MR) is 114 cm³/mol. The summed E-state index contributed by atoms with van der Waals surface area (Å²) in [6.07, 6.45) is 1.29. The molecular formula is C18H21Cl2N3O3S2. The number of anilines is 1. The molecule has 0 spiro atoms. The Morgan fingerprint density at radius 1 is 1.21 bits per heavy atom. The number of rotatable bonds is 6. The van der Waals surface area contributed by atoms with Crippen LogP contribution in [0.15, 0.2) is 39.9 Å². The number of carbonyl (C=O) groups is 1. The molecule has 2 N–H and O–H groups in total. The third kappa shape index (κ3) is 5.46. The lowest BCUT2D eigenvalue weighted by Crippen LogP contribution is -2.50. The molecule has 6 nitrogen and oxygen atoms in total. The maximum Gasteiger partial charge on any atom is 0.250 e. The van der Waals surface area contributed by atoms with E-state index in [-0.39, 0.29) is 18.0 Å². The number of benzene rings is 1. The van der Waals surface area contributed by atoms with Crippen LogP contribution in [0.5, 0.6) is 0 Å². The van der Waals surface area contributed by atoms with Gasteiger partial charge in [-0.3, -0.25) is 9.69 Å². The number of carbonyl (C=O) groups excluding carboxylic acids is 1.